The van der Waals surface area contributed by atoms with Crippen molar-refractivity contribution in [1.82, 2.24) is 5.32 Å². The summed E-state index contributed by atoms with van der Waals surface area (Å²) in [5, 5.41) is 8.64. The van der Waals surface area contributed by atoms with Crippen LogP contribution in [0.3, 0.4) is 0 Å². The molecule has 3 amide bonds. The quantitative estimate of drug-likeness (QED) is 0.0445. The van der Waals surface area contributed by atoms with Crippen LogP contribution in [0.25, 0.3) is 6.08 Å². The Hall–Kier alpha value is -5.65. The number of benzene rings is 4. The molecule has 9 nitrogen and oxygen atoms in total. The van der Waals surface area contributed by atoms with Crippen LogP contribution in [-0.4, -0.2) is 36.9 Å². The second-order valence-electron chi connectivity index (χ2n) is 12.7. The van der Waals surface area contributed by atoms with Crippen LogP contribution in [0.4, 0.5) is 10.7 Å². The van der Waals surface area contributed by atoms with E-state index in [2.05, 4.69) is 16.0 Å². The maximum atomic E-state index is 14.2. The summed E-state index contributed by atoms with van der Waals surface area (Å²) in [6.45, 7) is 4.45. The zero-order valence-electron chi connectivity index (χ0n) is 30.8. The normalized spacial score (nSPS) is 13.1. The summed E-state index contributed by atoms with van der Waals surface area (Å²) in [4.78, 5) is 56.3. The summed E-state index contributed by atoms with van der Waals surface area (Å²) < 4.78 is 11.0. The smallest absolute Gasteiger partial charge is 0.341 e. The Balaban J connectivity index is 1.25. The average Bonchev–Trinajstić information content (AvgIpc) is 3.37. The molecule has 3 N–H and O–H groups in total. The topological polar surface area (TPSA) is 123 Å². The third kappa shape index (κ3) is 10.3. The highest BCUT2D eigenvalue weighted by Crippen LogP contribution is 2.41. The summed E-state index contributed by atoms with van der Waals surface area (Å²) in [7, 11) is 0. The molecule has 0 fully saturated rings. The van der Waals surface area contributed by atoms with Crippen molar-refractivity contribution in [2.45, 2.75) is 56.1 Å². The van der Waals surface area contributed by atoms with Gasteiger partial charge < -0.3 is 25.4 Å². The van der Waals surface area contributed by atoms with E-state index in [1.165, 1.54) is 23.1 Å². The van der Waals surface area contributed by atoms with Crippen LogP contribution in [0.1, 0.15) is 80.6 Å². The van der Waals surface area contributed by atoms with Crippen molar-refractivity contribution >= 4 is 63.6 Å². The monoisotopic (exact) mass is 773 g/mol. The van der Waals surface area contributed by atoms with Gasteiger partial charge in [0.15, 0.2) is 0 Å². The van der Waals surface area contributed by atoms with Gasteiger partial charge in [0.25, 0.3) is 11.8 Å². The Morgan fingerprint density at radius 3 is 2.25 bits per heavy atom. The summed E-state index contributed by atoms with van der Waals surface area (Å²) >= 11 is 2.79. The first-order valence-corrected chi connectivity index (χ1v) is 20.1. The summed E-state index contributed by atoms with van der Waals surface area (Å²) in [5.41, 5.74) is 3.84. The van der Waals surface area contributed by atoms with Crippen molar-refractivity contribution < 1.29 is 28.7 Å². The van der Waals surface area contributed by atoms with Crippen LogP contribution in [0.2, 0.25) is 0 Å². The zero-order valence-corrected chi connectivity index (χ0v) is 32.4. The van der Waals surface area contributed by atoms with Crippen LogP contribution < -0.4 is 20.7 Å². The van der Waals surface area contributed by atoms with Crippen molar-refractivity contribution in [2.24, 2.45) is 0 Å². The molecule has 282 valence electrons. The van der Waals surface area contributed by atoms with E-state index in [4.69, 9.17) is 9.47 Å². The summed E-state index contributed by atoms with van der Waals surface area (Å²) in [5.74, 6) is -0.957. The van der Waals surface area contributed by atoms with Gasteiger partial charge in [-0.25, -0.2) is 4.79 Å². The molecule has 1 unspecified atom stereocenters. The van der Waals surface area contributed by atoms with Crippen molar-refractivity contribution in [3.63, 3.8) is 0 Å². The molecule has 0 saturated carbocycles. The first-order valence-electron chi connectivity index (χ1n) is 18.4. The van der Waals surface area contributed by atoms with Gasteiger partial charge >= 0.3 is 5.97 Å². The number of esters is 1. The molecule has 1 aliphatic rings. The summed E-state index contributed by atoms with van der Waals surface area (Å²) in [6, 6.07) is 32.5. The molecule has 6 rings (SSSR count). The van der Waals surface area contributed by atoms with Crippen LogP contribution in [0.5, 0.6) is 5.75 Å². The minimum Gasteiger partial charge on any atom is -0.494 e. The lowest BCUT2D eigenvalue weighted by molar-refractivity contribution is -0.116. The number of carbonyl (C=O) groups is 4. The molecular weight excluding hydrogens is 731 g/mol. The van der Waals surface area contributed by atoms with Crippen molar-refractivity contribution in [3.8, 4) is 5.75 Å². The maximum Gasteiger partial charge on any atom is 0.341 e. The molecule has 1 aliphatic carbocycles. The highest BCUT2D eigenvalue weighted by molar-refractivity contribution is 8.00. The fourth-order valence-electron chi connectivity index (χ4n) is 6.25. The third-order valence-corrected chi connectivity index (χ3v) is 11.3. The third-order valence-electron chi connectivity index (χ3n) is 8.85. The van der Waals surface area contributed by atoms with E-state index < -0.39 is 23.0 Å². The lowest BCUT2D eigenvalue weighted by atomic mass is 10.1. The Labute approximate surface area is 329 Å². The standard InChI is InChI=1S/C44H43N3O6S2/c1-3-52-33-25-23-29(24-26-33)27-36(46-40(48)31-17-10-6-11-18-31)41(49)45-32-19-14-20-34(28-32)54-39(30-15-8-5-9-16-30)42(50)47-43-38(44(51)53-4-2)35-21-12-7-13-22-37(35)55-43/h5-6,8-11,14-20,23-28,39H,3-4,7,12-13,21-22H2,1-2H3,(H,45,49)(H,46,48)(H,47,50)/b36-27+. The van der Waals surface area contributed by atoms with E-state index in [0.29, 0.717) is 39.7 Å². The molecule has 0 aliphatic heterocycles. The number of thiophene rings is 1. The lowest BCUT2D eigenvalue weighted by Gasteiger charge is -2.18. The number of rotatable bonds is 14. The molecule has 0 spiro atoms. The van der Waals surface area contributed by atoms with Crippen molar-refractivity contribution in [2.75, 3.05) is 23.8 Å². The second-order valence-corrected chi connectivity index (χ2v) is 15.0. The number of hydrogen-bond acceptors (Lipinski definition) is 8. The number of nitrogens with one attached hydrogen (secondary N) is 3. The molecule has 0 bridgehead atoms. The van der Waals surface area contributed by atoms with E-state index in [9.17, 15) is 19.2 Å². The number of carbonyl (C=O) groups excluding carboxylic acids is 4. The van der Waals surface area contributed by atoms with Crippen molar-refractivity contribution in [1.29, 1.82) is 0 Å². The highest BCUT2D eigenvalue weighted by Gasteiger charge is 2.30. The molecular formula is C44H43N3O6S2. The fourth-order valence-corrected chi connectivity index (χ4v) is 8.61. The van der Waals surface area contributed by atoms with Gasteiger partial charge in [-0.15, -0.1) is 23.1 Å². The highest BCUT2D eigenvalue weighted by atomic mass is 32.2. The van der Waals surface area contributed by atoms with E-state index in [1.54, 1.807) is 67.6 Å². The lowest BCUT2D eigenvalue weighted by Crippen LogP contribution is -2.30. The predicted octanol–water partition coefficient (Wildman–Crippen LogP) is 9.47. The zero-order chi connectivity index (χ0) is 38.6. The van der Waals surface area contributed by atoms with Gasteiger partial charge in [0.1, 0.15) is 21.7 Å². The number of fused-ring (bicyclic) bond motifs is 1. The van der Waals surface area contributed by atoms with E-state index in [1.807, 2.05) is 61.5 Å². The molecule has 55 heavy (non-hydrogen) atoms. The second kappa shape index (κ2) is 19.1. The SMILES string of the molecule is CCOC(=O)c1c(NC(=O)C(Sc2cccc(NC(=O)/C(=C\c3ccc(OCC)cc3)NC(=O)c3ccccc3)c2)c2ccccc2)sc2c1CCCCC2. The molecule has 11 heteroatoms. The van der Waals surface area contributed by atoms with E-state index in [-0.39, 0.29) is 18.2 Å². The van der Waals surface area contributed by atoms with Gasteiger partial charge in [-0.3, -0.25) is 14.4 Å². The van der Waals surface area contributed by atoms with Gasteiger partial charge in [-0.05, 0) is 105 Å². The van der Waals surface area contributed by atoms with Crippen LogP contribution in [0.15, 0.2) is 120 Å². The number of thioether (sulfide) groups is 1. The molecule has 1 aromatic heterocycles. The first-order chi connectivity index (χ1) is 26.8. The Morgan fingerprint density at radius 2 is 1.53 bits per heavy atom. The Bertz CT molecular complexity index is 2150. The molecule has 4 aromatic carbocycles. The van der Waals surface area contributed by atoms with Crippen LogP contribution in [0, 0.1) is 0 Å². The van der Waals surface area contributed by atoms with E-state index in [0.717, 1.165) is 53.0 Å². The number of ether oxygens (including phenoxy) is 2. The largest absolute Gasteiger partial charge is 0.494 e. The van der Waals surface area contributed by atoms with Crippen LogP contribution in [-0.2, 0) is 27.2 Å². The predicted molar refractivity (Wildman–Crippen MR) is 220 cm³/mol. The van der Waals surface area contributed by atoms with Crippen molar-refractivity contribution in [3.05, 3.63) is 148 Å². The minimum atomic E-state index is -0.690. The molecule has 1 atom stereocenters. The van der Waals surface area contributed by atoms with Crippen LogP contribution >= 0.6 is 23.1 Å². The average molecular weight is 774 g/mol. The maximum absolute atomic E-state index is 14.2. The van der Waals surface area contributed by atoms with Gasteiger partial charge in [0, 0.05) is 21.0 Å². The minimum absolute atomic E-state index is 0.0457. The number of amides is 3. The molecule has 0 radical (unpaired) electrons. The fraction of sp³-hybridized carbons (Fsp3) is 0.227. The molecule has 1 heterocycles. The number of hydrogen-bond donors (Lipinski definition) is 3. The van der Waals surface area contributed by atoms with E-state index >= 15 is 0 Å². The Kier molecular flexibility index (Phi) is 13.6. The van der Waals surface area contributed by atoms with Gasteiger partial charge in [-0.1, -0.05) is 73.2 Å². The molecule has 0 saturated heterocycles. The van der Waals surface area contributed by atoms with Gasteiger partial charge in [0.05, 0.1) is 18.8 Å². The van der Waals surface area contributed by atoms with Gasteiger partial charge in [-0.2, -0.15) is 0 Å². The summed E-state index contributed by atoms with van der Waals surface area (Å²) in [6.07, 6.45) is 6.37. The van der Waals surface area contributed by atoms with Gasteiger partial charge in [0.2, 0.25) is 5.91 Å². The molecule has 5 aromatic rings. The number of aryl methyl sites for hydroxylation is 1. The first kappa shape index (κ1) is 39.1. The Morgan fingerprint density at radius 1 is 0.800 bits per heavy atom. The number of anilines is 2.